The summed E-state index contributed by atoms with van der Waals surface area (Å²) in [5, 5.41) is 6.46. The summed E-state index contributed by atoms with van der Waals surface area (Å²) < 4.78 is 5.52. The number of carbonyl (C=O) groups excluding carboxylic acids is 2. The van der Waals surface area contributed by atoms with Crippen molar-refractivity contribution in [1.29, 1.82) is 0 Å². The Kier molecular flexibility index (Phi) is 6.74. The number of amides is 1. The van der Waals surface area contributed by atoms with E-state index in [0.717, 1.165) is 65.6 Å². The van der Waals surface area contributed by atoms with Crippen LogP contribution in [0.25, 0.3) is 21.5 Å². The van der Waals surface area contributed by atoms with Crippen LogP contribution in [0, 0.1) is 0 Å². The van der Waals surface area contributed by atoms with Gasteiger partial charge in [-0.3, -0.25) is 4.79 Å². The van der Waals surface area contributed by atoms with Gasteiger partial charge in [-0.2, -0.15) is 0 Å². The topological polar surface area (TPSA) is 68.3 Å². The zero-order valence-corrected chi connectivity index (χ0v) is 20.7. The number of aromatic nitrogens is 1. The van der Waals surface area contributed by atoms with Crippen LogP contribution in [0.4, 0.5) is 5.00 Å². The second-order valence-corrected chi connectivity index (χ2v) is 10.5. The molecule has 5 rings (SSSR count). The van der Waals surface area contributed by atoms with Crippen molar-refractivity contribution in [3.8, 4) is 10.6 Å². The molecule has 1 aliphatic rings. The second-order valence-electron chi connectivity index (χ2n) is 8.41. The van der Waals surface area contributed by atoms with E-state index in [4.69, 9.17) is 9.72 Å². The molecule has 0 fully saturated rings. The average molecular weight is 491 g/mol. The van der Waals surface area contributed by atoms with Crippen LogP contribution in [-0.4, -0.2) is 23.5 Å². The zero-order chi connectivity index (χ0) is 23.5. The molecule has 1 aromatic carbocycles. The molecule has 0 unspecified atom stereocenters. The first-order valence-electron chi connectivity index (χ1n) is 11.7. The number of aryl methyl sites for hydroxylation is 1. The number of pyridine rings is 1. The van der Waals surface area contributed by atoms with Crippen LogP contribution in [0.5, 0.6) is 0 Å². The van der Waals surface area contributed by atoms with E-state index in [2.05, 4.69) is 5.32 Å². The number of ether oxygens (including phenoxy) is 1. The first kappa shape index (κ1) is 22.7. The summed E-state index contributed by atoms with van der Waals surface area (Å²) in [5.41, 5.74) is 3.68. The Morgan fingerprint density at radius 1 is 1.09 bits per heavy atom. The molecule has 1 amide bonds. The summed E-state index contributed by atoms with van der Waals surface area (Å²) in [6.07, 6.45) is 5.84. The van der Waals surface area contributed by atoms with Gasteiger partial charge in [0, 0.05) is 10.3 Å². The largest absolute Gasteiger partial charge is 0.462 e. The van der Waals surface area contributed by atoms with Gasteiger partial charge in [0.05, 0.1) is 33.8 Å². The maximum atomic E-state index is 13.6. The van der Waals surface area contributed by atoms with Crippen molar-refractivity contribution in [3.05, 3.63) is 69.4 Å². The molecular weight excluding hydrogens is 464 g/mol. The molecule has 0 aliphatic heterocycles. The maximum absolute atomic E-state index is 13.6. The standard InChI is InChI=1S/C27H26N2O3S2/c1-2-14-32-27(31)24-18-10-4-3-5-12-22(18)34-26(24)29-25(30)19-16-21(23-13-8-15-33-23)28-20-11-7-6-9-17(19)20/h6-9,11,13,15-16H,2-5,10,12,14H2,1H3,(H,29,30). The van der Waals surface area contributed by atoms with Gasteiger partial charge in [0.2, 0.25) is 0 Å². The van der Waals surface area contributed by atoms with Gasteiger partial charge in [-0.25, -0.2) is 9.78 Å². The fourth-order valence-electron chi connectivity index (χ4n) is 4.40. The van der Waals surface area contributed by atoms with Crippen molar-refractivity contribution in [1.82, 2.24) is 4.98 Å². The summed E-state index contributed by atoms with van der Waals surface area (Å²) >= 11 is 3.11. The van der Waals surface area contributed by atoms with E-state index in [0.29, 0.717) is 22.7 Å². The molecule has 0 spiro atoms. The summed E-state index contributed by atoms with van der Waals surface area (Å²) in [6, 6.07) is 13.5. The summed E-state index contributed by atoms with van der Waals surface area (Å²) in [7, 11) is 0. The van der Waals surface area contributed by atoms with Gasteiger partial charge in [-0.05, 0) is 61.2 Å². The molecule has 0 atom stereocenters. The smallest absolute Gasteiger partial charge is 0.341 e. The van der Waals surface area contributed by atoms with E-state index in [9.17, 15) is 9.59 Å². The van der Waals surface area contributed by atoms with Crippen molar-refractivity contribution in [2.75, 3.05) is 11.9 Å². The third-order valence-corrected chi connectivity index (χ3v) is 8.12. The molecule has 0 radical (unpaired) electrons. The molecule has 174 valence electrons. The number of fused-ring (bicyclic) bond motifs is 2. The first-order chi connectivity index (χ1) is 16.7. The predicted octanol–water partition coefficient (Wildman–Crippen LogP) is 7.11. The Labute approximate surface area is 206 Å². The van der Waals surface area contributed by atoms with E-state index in [-0.39, 0.29) is 11.9 Å². The summed E-state index contributed by atoms with van der Waals surface area (Å²) in [4.78, 5) is 33.6. The van der Waals surface area contributed by atoms with Crippen molar-refractivity contribution in [2.24, 2.45) is 0 Å². The lowest BCUT2D eigenvalue weighted by Gasteiger charge is -2.11. The summed E-state index contributed by atoms with van der Waals surface area (Å²) in [6.45, 7) is 2.35. The monoisotopic (exact) mass is 490 g/mol. The molecule has 34 heavy (non-hydrogen) atoms. The van der Waals surface area contributed by atoms with E-state index in [1.165, 1.54) is 16.2 Å². The van der Waals surface area contributed by atoms with Gasteiger partial charge in [-0.15, -0.1) is 22.7 Å². The molecule has 3 heterocycles. The quantitative estimate of drug-likeness (QED) is 0.231. The Morgan fingerprint density at radius 3 is 2.76 bits per heavy atom. The van der Waals surface area contributed by atoms with Crippen LogP contribution in [0.1, 0.15) is 63.8 Å². The number of hydrogen-bond acceptors (Lipinski definition) is 6. The number of carbonyl (C=O) groups is 2. The minimum Gasteiger partial charge on any atom is -0.462 e. The van der Waals surface area contributed by atoms with Gasteiger partial charge in [-0.1, -0.05) is 37.6 Å². The van der Waals surface area contributed by atoms with Crippen molar-refractivity contribution >= 4 is 50.5 Å². The van der Waals surface area contributed by atoms with Crippen molar-refractivity contribution < 1.29 is 14.3 Å². The molecule has 1 N–H and O–H groups in total. The van der Waals surface area contributed by atoms with Crippen LogP contribution >= 0.6 is 22.7 Å². The van der Waals surface area contributed by atoms with E-state index in [1.807, 2.05) is 54.8 Å². The third-order valence-electron chi connectivity index (χ3n) is 6.02. The Hall–Kier alpha value is -3.03. The summed E-state index contributed by atoms with van der Waals surface area (Å²) in [5.74, 6) is -0.576. The maximum Gasteiger partial charge on any atom is 0.341 e. The lowest BCUT2D eigenvalue weighted by atomic mass is 10.0. The highest BCUT2D eigenvalue weighted by atomic mass is 32.1. The van der Waals surface area contributed by atoms with E-state index >= 15 is 0 Å². The number of nitrogens with one attached hydrogen (secondary N) is 1. The minimum atomic E-state index is -0.338. The van der Waals surface area contributed by atoms with Crippen LogP contribution in [-0.2, 0) is 17.6 Å². The lowest BCUT2D eigenvalue weighted by Crippen LogP contribution is -2.16. The molecule has 4 aromatic rings. The molecule has 0 saturated carbocycles. The lowest BCUT2D eigenvalue weighted by molar-refractivity contribution is 0.0505. The van der Waals surface area contributed by atoms with Crippen molar-refractivity contribution in [3.63, 3.8) is 0 Å². The molecular formula is C27H26N2O3S2. The van der Waals surface area contributed by atoms with Gasteiger partial charge in [0.25, 0.3) is 5.91 Å². The molecule has 7 heteroatoms. The molecule has 0 saturated heterocycles. The van der Waals surface area contributed by atoms with E-state index in [1.54, 1.807) is 11.3 Å². The number of thiophene rings is 2. The highest BCUT2D eigenvalue weighted by Crippen LogP contribution is 2.38. The van der Waals surface area contributed by atoms with Crippen LogP contribution < -0.4 is 5.32 Å². The number of rotatable bonds is 6. The first-order valence-corrected chi connectivity index (χ1v) is 13.4. The van der Waals surface area contributed by atoms with Crippen LogP contribution in [0.3, 0.4) is 0 Å². The normalized spacial score (nSPS) is 13.3. The van der Waals surface area contributed by atoms with Crippen molar-refractivity contribution in [2.45, 2.75) is 45.4 Å². The van der Waals surface area contributed by atoms with Gasteiger partial charge in [0.15, 0.2) is 0 Å². The minimum absolute atomic E-state index is 0.239. The van der Waals surface area contributed by atoms with E-state index < -0.39 is 0 Å². The fraction of sp³-hybridized carbons (Fsp3) is 0.296. The average Bonchev–Trinajstić information content (AvgIpc) is 3.45. The van der Waals surface area contributed by atoms with Crippen LogP contribution in [0.2, 0.25) is 0 Å². The Bertz CT molecular complexity index is 1340. The molecule has 5 nitrogen and oxygen atoms in total. The predicted molar refractivity (Wildman–Crippen MR) is 139 cm³/mol. The second kappa shape index (κ2) is 10.1. The number of hydrogen-bond donors (Lipinski definition) is 1. The highest BCUT2D eigenvalue weighted by molar-refractivity contribution is 7.17. The molecule has 0 bridgehead atoms. The Morgan fingerprint density at radius 2 is 1.94 bits per heavy atom. The number of benzene rings is 1. The fourth-order valence-corrected chi connectivity index (χ4v) is 6.36. The zero-order valence-electron chi connectivity index (χ0n) is 19.1. The number of para-hydroxylation sites is 1. The van der Waals surface area contributed by atoms with Gasteiger partial charge < -0.3 is 10.1 Å². The molecule has 3 aromatic heterocycles. The Balaban J connectivity index is 1.55. The SMILES string of the molecule is CCCOC(=O)c1c(NC(=O)c2cc(-c3cccs3)nc3ccccc23)sc2c1CCCCC2. The number of nitrogens with zero attached hydrogens (tertiary/aromatic N) is 1. The van der Waals surface area contributed by atoms with Gasteiger partial charge >= 0.3 is 5.97 Å². The third kappa shape index (κ3) is 4.50. The number of anilines is 1. The highest BCUT2D eigenvalue weighted by Gasteiger charge is 2.27. The van der Waals surface area contributed by atoms with Crippen LogP contribution in [0.15, 0.2) is 47.8 Å². The van der Waals surface area contributed by atoms with Gasteiger partial charge in [0.1, 0.15) is 5.00 Å². The molecule has 1 aliphatic carbocycles. The number of esters is 1.